The Kier molecular flexibility index (Phi) is 10.0. The molecule has 1 amide bonds. The first-order chi connectivity index (χ1) is 21.8. The Hall–Kier alpha value is -3.59. The molecule has 3 aromatic rings. The number of benzene rings is 2. The molecule has 0 aliphatic carbocycles. The molecule has 0 radical (unpaired) electrons. The Balaban J connectivity index is 1.54. The molecule has 2 aliphatic rings. The highest BCUT2D eigenvalue weighted by Crippen LogP contribution is 2.42. The Bertz CT molecular complexity index is 1530. The Morgan fingerprint density at radius 1 is 1.02 bits per heavy atom. The van der Waals surface area contributed by atoms with Crippen molar-refractivity contribution in [2.45, 2.75) is 57.5 Å². The number of carbonyl (C=O) groups excluding carboxylic acids is 1. The molecule has 0 spiro atoms. The van der Waals surface area contributed by atoms with Crippen LogP contribution < -0.4 is 15.1 Å². The quantitative estimate of drug-likeness (QED) is 0.249. The van der Waals surface area contributed by atoms with Gasteiger partial charge in [0.1, 0.15) is 0 Å². The predicted octanol–water partition coefficient (Wildman–Crippen LogP) is 8.00. The van der Waals surface area contributed by atoms with Gasteiger partial charge >= 0.3 is 18.4 Å². The number of morpholine rings is 1. The lowest BCUT2D eigenvalue weighted by Crippen LogP contribution is -2.46. The zero-order valence-electron chi connectivity index (χ0n) is 25.0. The average Bonchev–Trinajstić information content (AvgIpc) is 3.00. The van der Waals surface area contributed by atoms with Crippen LogP contribution in [-0.4, -0.2) is 55.0 Å². The Labute approximate surface area is 270 Å². The number of amides is 1. The Morgan fingerprint density at radius 3 is 2.30 bits per heavy atom. The number of alkyl halides is 6. The number of nitrogens with one attached hydrogen (secondary N) is 1. The molecule has 2 atom stereocenters. The molecule has 0 saturated carbocycles. The van der Waals surface area contributed by atoms with Crippen LogP contribution in [0.15, 0.2) is 47.1 Å². The lowest BCUT2D eigenvalue weighted by molar-refractivity contribution is -0.143. The fourth-order valence-corrected chi connectivity index (χ4v) is 6.18. The second kappa shape index (κ2) is 13.6. The molecular formula is C31H32BrF6N5O3. The SMILES string of the molecule is CCOC(=O)N1c2ccc(Br)cc2C(Nc2ncc(N3CCOCC3)c(Cc3cc(C(F)(F)F)cc(C(F)(F)F)c3)n2)CC1CC. The van der Waals surface area contributed by atoms with E-state index in [1.165, 1.54) is 6.20 Å². The van der Waals surface area contributed by atoms with Crippen molar-refractivity contribution in [3.63, 3.8) is 0 Å². The summed E-state index contributed by atoms with van der Waals surface area (Å²) in [6.07, 6.45) is -8.12. The second-order valence-electron chi connectivity index (χ2n) is 11.0. The normalized spacial score (nSPS) is 18.7. The number of halogens is 7. The van der Waals surface area contributed by atoms with Gasteiger partial charge in [0, 0.05) is 30.0 Å². The summed E-state index contributed by atoms with van der Waals surface area (Å²) >= 11 is 3.50. The van der Waals surface area contributed by atoms with Crippen LogP contribution in [0.1, 0.15) is 60.7 Å². The van der Waals surface area contributed by atoms with Crippen molar-refractivity contribution in [2.75, 3.05) is 48.0 Å². The molecule has 1 N–H and O–H groups in total. The summed E-state index contributed by atoms with van der Waals surface area (Å²) in [5.41, 5.74) is -0.806. The van der Waals surface area contributed by atoms with Crippen LogP contribution in [-0.2, 0) is 28.2 Å². The molecule has 1 saturated heterocycles. The predicted molar refractivity (Wildman–Crippen MR) is 163 cm³/mol. The minimum absolute atomic E-state index is 0.113. The standard InChI is InChI=1S/C31H32BrF6N5O3/c1-3-22-16-24(23-15-21(32)5-6-26(23)43(22)29(44)46-4-2)40-28-39-17-27(42-7-9-45-10-8-42)25(41-28)13-18-11-19(30(33,34)35)14-20(12-18)31(36,37)38/h5-6,11-12,14-15,17,22,24H,3-4,7-10,13,16H2,1-2H3,(H,39,40,41). The van der Waals surface area contributed by atoms with E-state index in [0.717, 1.165) is 22.2 Å². The van der Waals surface area contributed by atoms with Crippen LogP contribution >= 0.6 is 15.9 Å². The topological polar surface area (TPSA) is 79.8 Å². The third-order valence-electron chi connectivity index (χ3n) is 7.95. The van der Waals surface area contributed by atoms with Gasteiger partial charge in [0.25, 0.3) is 0 Å². The molecule has 1 fully saturated rings. The number of fused-ring (bicyclic) bond motifs is 1. The van der Waals surface area contributed by atoms with Crippen molar-refractivity contribution in [3.05, 3.63) is 75.0 Å². The van der Waals surface area contributed by atoms with Crippen molar-refractivity contribution >= 4 is 39.3 Å². The maximum Gasteiger partial charge on any atom is 0.416 e. The lowest BCUT2D eigenvalue weighted by atomic mass is 9.90. The largest absolute Gasteiger partial charge is 0.449 e. The van der Waals surface area contributed by atoms with E-state index in [-0.39, 0.29) is 48.4 Å². The van der Waals surface area contributed by atoms with Crippen LogP contribution in [0.3, 0.4) is 0 Å². The fraction of sp³-hybridized carbons (Fsp3) is 0.452. The number of rotatable bonds is 7. The maximum absolute atomic E-state index is 13.6. The van der Waals surface area contributed by atoms with Crippen LogP contribution in [0.5, 0.6) is 0 Å². The van der Waals surface area contributed by atoms with Crippen molar-refractivity contribution in [2.24, 2.45) is 0 Å². The number of nitrogens with zero attached hydrogens (tertiary/aromatic N) is 4. The molecule has 15 heteroatoms. The second-order valence-corrected chi connectivity index (χ2v) is 11.9. The number of aromatic nitrogens is 2. The van der Waals surface area contributed by atoms with Gasteiger partial charge in [-0.15, -0.1) is 0 Å². The Morgan fingerprint density at radius 2 is 1.70 bits per heavy atom. The van der Waals surface area contributed by atoms with Gasteiger partial charge in [-0.3, -0.25) is 4.90 Å². The van der Waals surface area contributed by atoms with Crippen molar-refractivity contribution in [3.8, 4) is 0 Å². The zero-order chi connectivity index (χ0) is 33.2. The third kappa shape index (κ3) is 7.51. The smallest absolute Gasteiger partial charge is 0.416 e. The first-order valence-electron chi connectivity index (χ1n) is 14.8. The summed E-state index contributed by atoms with van der Waals surface area (Å²) in [6, 6.07) is 6.44. The molecule has 8 nitrogen and oxygen atoms in total. The van der Waals surface area contributed by atoms with E-state index in [1.807, 2.05) is 30.0 Å². The third-order valence-corrected chi connectivity index (χ3v) is 8.45. The molecule has 46 heavy (non-hydrogen) atoms. The maximum atomic E-state index is 13.6. The summed E-state index contributed by atoms with van der Waals surface area (Å²) in [4.78, 5) is 25.7. The number of ether oxygens (including phenoxy) is 2. The highest BCUT2D eigenvalue weighted by atomic mass is 79.9. The van der Waals surface area contributed by atoms with Crippen molar-refractivity contribution in [1.82, 2.24) is 9.97 Å². The molecule has 248 valence electrons. The summed E-state index contributed by atoms with van der Waals surface area (Å²) in [5, 5.41) is 3.32. The number of hydrogen-bond acceptors (Lipinski definition) is 7. The molecule has 2 unspecified atom stereocenters. The van der Waals surface area contributed by atoms with Crippen LogP contribution in [0, 0.1) is 0 Å². The van der Waals surface area contributed by atoms with E-state index >= 15 is 0 Å². The van der Waals surface area contributed by atoms with E-state index in [2.05, 4.69) is 31.2 Å². The van der Waals surface area contributed by atoms with E-state index in [1.54, 1.807) is 11.8 Å². The number of anilines is 3. The van der Waals surface area contributed by atoms with Crippen LogP contribution in [0.25, 0.3) is 0 Å². The minimum Gasteiger partial charge on any atom is -0.449 e. The fourth-order valence-electron chi connectivity index (χ4n) is 5.80. The highest BCUT2D eigenvalue weighted by Gasteiger charge is 2.38. The first-order valence-corrected chi connectivity index (χ1v) is 15.6. The van der Waals surface area contributed by atoms with Crippen molar-refractivity contribution < 1.29 is 40.6 Å². The van der Waals surface area contributed by atoms with Gasteiger partial charge in [0.05, 0.1) is 60.3 Å². The van der Waals surface area contributed by atoms with Gasteiger partial charge in [0.2, 0.25) is 5.95 Å². The number of hydrogen-bond donors (Lipinski definition) is 1. The molecule has 5 rings (SSSR count). The average molecular weight is 717 g/mol. The summed E-state index contributed by atoms with van der Waals surface area (Å²) in [5.74, 6) is 0.144. The first kappa shape index (κ1) is 33.8. The molecule has 2 aromatic carbocycles. The van der Waals surface area contributed by atoms with Gasteiger partial charge in [-0.05, 0) is 67.3 Å². The van der Waals surface area contributed by atoms with Crippen LogP contribution in [0.4, 0.5) is 48.5 Å². The van der Waals surface area contributed by atoms with Gasteiger partial charge in [0.15, 0.2) is 0 Å². The molecule has 2 aliphatic heterocycles. The van der Waals surface area contributed by atoms with Gasteiger partial charge in [-0.2, -0.15) is 26.3 Å². The highest BCUT2D eigenvalue weighted by molar-refractivity contribution is 9.10. The van der Waals surface area contributed by atoms with Crippen molar-refractivity contribution in [1.29, 1.82) is 0 Å². The lowest BCUT2D eigenvalue weighted by Gasteiger charge is -2.40. The van der Waals surface area contributed by atoms with E-state index in [9.17, 15) is 31.1 Å². The summed E-state index contributed by atoms with van der Waals surface area (Å²) in [6.45, 7) is 5.58. The minimum atomic E-state index is -4.97. The summed E-state index contributed by atoms with van der Waals surface area (Å²) < 4.78 is 93.4. The number of carbonyl (C=O) groups is 1. The van der Waals surface area contributed by atoms with Gasteiger partial charge < -0.3 is 19.7 Å². The zero-order valence-corrected chi connectivity index (χ0v) is 26.6. The molecule has 3 heterocycles. The van der Waals surface area contributed by atoms with E-state index in [4.69, 9.17) is 9.47 Å². The molecule has 1 aromatic heterocycles. The van der Waals surface area contributed by atoms with Crippen LogP contribution in [0.2, 0.25) is 0 Å². The summed E-state index contributed by atoms with van der Waals surface area (Å²) in [7, 11) is 0. The molecular weight excluding hydrogens is 684 g/mol. The van der Waals surface area contributed by atoms with Gasteiger partial charge in [-0.25, -0.2) is 14.8 Å². The van der Waals surface area contributed by atoms with E-state index < -0.39 is 29.6 Å². The monoisotopic (exact) mass is 715 g/mol. The van der Waals surface area contributed by atoms with E-state index in [0.29, 0.717) is 50.5 Å². The van der Waals surface area contributed by atoms with Gasteiger partial charge in [-0.1, -0.05) is 22.9 Å². The molecule has 0 bridgehead atoms.